The van der Waals surface area contributed by atoms with Crippen molar-refractivity contribution in [2.75, 3.05) is 23.1 Å². The van der Waals surface area contributed by atoms with E-state index < -0.39 is 5.69 Å². The molecule has 39 heavy (non-hydrogen) atoms. The summed E-state index contributed by atoms with van der Waals surface area (Å²) in [4.78, 5) is 27.6. The minimum atomic E-state index is -0.492. The van der Waals surface area contributed by atoms with Crippen molar-refractivity contribution in [1.82, 2.24) is 24.5 Å². The monoisotopic (exact) mass is 526 g/mol. The summed E-state index contributed by atoms with van der Waals surface area (Å²) in [6.07, 6.45) is 0. The average Bonchev–Trinajstić information content (AvgIpc) is 3.19. The number of anilines is 6. The Kier molecular flexibility index (Phi) is 7.26. The van der Waals surface area contributed by atoms with Crippen LogP contribution in [0.2, 0.25) is 0 Å². The second-order valence-electron chi connectivity index (χ2n) is 8.40. The summed E-state index contributed by atoms with van der Waals surface area (Å²) in [7, 11) is 3.03. The van der Waals surface area contributed by atoms with Crippen LogP contribution in [-0.2, 0) is 13.7 Å². The SMILES string of the molecule is COc1ccc(Nc2nc(Nc3ccc(OCc4ccccc4)cc3)nc(Nc3[nH]c(=O)n(C)c3O)n2)cc1. The molecule has 5 rings (SSSR count). The number of H-pyrrole nitrogens is 1. The van der Waals surface area contributed by atoms with Crippen molar-refractivity contribution in [3.8, 4) is 17.4 Å². The highest BCUT2D eigenvalue weighted by molar-refractivity contribution is 5.62. The van der Waals surface area contributed by atoms with Crippen molar-refractivity contribution in [2.24, 2.45) is 7.05 Å². The van der Waals surface area contributed by atoms with E-state index in [1.807, 2.05) is 66.7 Å². The molecule has 2 heterocycles. The first kappa shape index (κ1) is 25.1. The van der Waals surface area contributed by atoms with Gasteiger partial charge in [0.15, 0.2) is 5.82 Å². The van der Waals surface area contributed by atoms with Crippen molar-refractivity contribution in [3.63, 3.8) is 0 Å². The van der Waals surface area contributed by atoms with Gasteiger partial charge in [0.25, 0.3) is 0 Å². The lowest BCUT2D eigenvalue weighted by Crippen LogP contribution is -2.11. The molecule has 0 unspecified atom stereocenters. The van der Waals surface area contributed by atoms with Crippen LogP contribution in [0.15, 0.2) is 83.7 Å². The molecule has 0 aliphatic rings. The van der Waals surface area contributed by atoms with Gasteiger partial charge in [0.1, 0.15) is 18.1 Å². The summed E-state index contributed by atoms with van der Waals surface area (Å²) in [6, 6.07) is 24.5. The van der Waals surface area contributed by atoms with E-state index >= 15 is 0 Å². The number of ether oxygens (including phenoxy) is 2. The number of nitrogens with one attached hydrogen (secondary N) is 4. The van der Waals surface area contributed by atoms with Crippen LogP contribution in [0.3, 0.4) is 0 Å². The van der Waals surface area contributed by atoms with Gasteiger partial charge in [0, 0.05) is 18.4 Å². The zero-order valence-electron chi connectivity index (χ0n) is 21.2. The number of nitrogens with zero attached hydrogens (tertiary/aromatic N) is 4. The fraction of sp³-hybridized carbons (Fsp3) is 0.111. The molecule has 0 amide bonds. The Morgan fingerprint density at radius 3 is 1.85 bits per heavy atom. The Balaban J connectivity index is 1.36. The summed E-state index contributed by atoms with van der Waals surface area (Å²) in [5, 5.41) is 19.3. The Labute approximate surface area is 223 Å². The molecule has 0 saturated heterocycles. The Bertz CT molecular complexity index is 1600. The van der Waals surface area contributed by atoms with Gasteiger partial charge in [-0.15, -0.1) is 0 Å². The van der Waals surface area contributed by atoms with Crippen LogP contribution in [0.25, 0.3) is 0 Å². The molecule has 2 aromatic heterocycles. The zero-order chi connectivity index (χ0) is 27.2. The van der Waals surface area contributed by atoms with Gasteiger partial charge in [-0.1, -0.05) is 30.3 Å². The number of aromatic nitrogens is 5. The fourth-order valence-corrected chi connectivity index (χ4v) is 3.56. The highest BCUT2D eigenvalue weighted by Crippen LogP contribution is 2.25. The molecule has 0 aliphatic heterocycles. The highest BCUT2D eigenvalue weighted by Gasteiger charge is 2.14. The van der Waals surface area contributed by atoms with Gasteiger partial charge in [0.2, 0.25) is 23.7 Å². The van der Waals surface area contributed by atoms with Crippen LogP contribution < -0.4 is 31.1 Å². The predicted octanol–water partition coefficient (Wildman–Crippen LogP) is 4.42. The van der Waals surface area contributed by atoms with Gasteiger partial charge >= 0.3 is 5.69 Å². The largest absolute Gasteiger partial charge is 0.497 e. The van der Waals surface area contributed by atoms with Crippen molar-refractivity contribution in [1.29, 1.82) is 0 Å². The number of hydrogen-bond donors (Lipinski definition) is 5. The summed E-state index contributed by atoms with van der Waals surface area (Å²) < 4.78 is 12.1. The summed E-state index contributed by atoms with van der Waals surface area (Å²) in [5.41, 5.74) is 2.02. The molecule has 0 bridgehead atoms. The Morgan fingerprint density at radius 1 is 0.795 bits per heavy atom. The quantitative estimate of drug-likeness (QED) is 0.177. The van der Waals surface area contributed by atoms with Crippen LogP contribution in [-0.4, -0.2) is 36.7 Å². The molecule has 0 aliphatic carbocycles. The van der Waals surface area contributed by atoms with Crippen LogP contribution in [0.5, 0.6) is 17.4 Å². The number of aromatic hydroxyl groups is 1. The van der Waals surface area contributed by atoms with Gasteiger partial charge in [-0.25, -0.2) is 4.79 Å². The van der Waals surface area contributed by atoms with E-state index in [2.05, 4.69) is 35.9 Å². The molecular weight excluding hydrogens is 500 g/mol. The molecule has 198 valence electrons. The summed E-state index contributed by atoms with van der Waals surface area (Å²) in [5.74, 6) is 1.72. The maximum atomic E-state index is 11.9. The first-order chi connectivity index (χ1) is 19.0. The maximum absolute atomic E-state index is 11.9. The van der Waals surface area contributed by atoms with Crippen LogP contribution in [0.1, 0.15) is 5.56 Å². The van der Waals surface area contributed by atoms with E-state index in [4.69, 9.17) is 9.47 Å². The molecule has 3 aromatic carbocycles. The molecule has 12 heteroatoms. The van der Waals surface area contributed by atoms with E-state index in [0.717, 1.165) is 15.8 Å². The molecule has 12 nitrogen and oxygen atoms in total. The molecular formula is C27H26N8O4. The van der Waals surface area contributed by atoms with Gasteiger partial charge in [0.05, 0.1) is 7.11 Å². The fourth-order valence-electron chi connectivity index (χ4n) is 3.56. The number of imidazole rings is 1. The predicted molar refractivity (Wildman–Crippen MR) is 148 cm³/mol. The van der Waals surface area contributed by atoms with Gasteiger partial charge in [-0.05, 0) is 54.1 Å². The molecule has 0 radical (unpaired) electrons. The van der Waals surface area contributed by atoms with Gasteiger partial charge < -0.3 is 30.5 Å². The number of methoxy groups -OCH3 is 1. The van der Waals surface area contributed by atoms with E-state index in [9.17, 15) is 9.90 Å². The maximum Gasteiger partial charge on any atom is 0.329 e. The number of benzene rings is 3. The Morgan fingerprint density at radius 2 is 1.33 bits per heavy atom. The van der Waals surface area contributed by atoms with E-state index in [0.29, 0.717) is 23.8 Å². The van der Waals surface area contributed by atoms with Crippen molar-refractivity contribution in [3.05, 3.63) is 94.9 Å². The third-order valence-corrected chi connectivity index (χ3v) is 5.66. The zero-order valence-corrected chi connectivity index (χ0v) is 21.2. The topological polar surface area (TPSA) is 151 Å². The second-order valence-corrected chi connectivity index (χ2v) is 8.40. The standard InChI is InChI=1S/C27H26N8O4/c1-35-23(36)22(31-27(35)37)30-26-33-24(28-18-8-12-20(38-2)13-9-18)32-25(34-26)29-19-10-14-21(15-11-19)39-16-17-6-4-3-5-7-17/h3-15,36H,16H2,1-2H3,(H,31,37)(H3,28,29,30,32,33,34). The van der Waals surface area contributed by atoms with Crippen molar-refractivity contribution < 1.29 is 14.6 Å². The second kappa shape index (κ2) is 11.3. The Hall–Kier alpha value is -5.52. The lowest BCUT2D eigenvalue weighted by atomic mass is 10.2. The third-order valence-electron chi connectivity index (χ3n) is 5.66. The molecule has 5 aromatic rings. The molecule has 0 atom stereocenters. The average molecular weight is 527 g/mol. The van der Waals surface area contributed by atoms with E-state index in [-0.39, 0.29) is 29.5 Å². The van der Waals surface area contributed by atoms with E-state index in [1.54, 1.807) is 19.2 Å². The minimum absolute atomic E-state index is 0.0509. The number of rotatable bonds is 10. The van der Waals surface area contributed by atoms with Crippen LogP contribution in [0, 0.1) is 0 Å². The first-order valence-electron chi connectivity index (χ1n) is 11.9. The van der Waals surface area contributed by atoms with Crippen molar-refractivity contribution in [2.45, 2.75) is 6.61 Å². The third kappa shape index (κ3) is 6.25. The van der Waals surface area contributed by atoms with E-state index in [1.165, 1.54) is 7.05 Å². The van der Waals surface area contributed by atoms with Crippen LogP contribution in [0.4, 0.5) is 35.0 Å². The van der Waals surface area contributed by atoms with Crippen molar-refractivity contribution >= 4 is 35.0 Å². The first-order valence-corrected chi connectivity index (χ1v) is 11.9. The summed E-state index contributed by atoms with van der Waals surface area (Å²) >= 11 is 0. The lowest BCUT2D eigenvalue weighted by Gasteiger charge is -2.12. The normalized spacial score (nSPS) is 10.6. The molecule has 0 saturated carbocycles. The smallest absolute Gasteiger partial charge is 0.329 e. The van der Waals surface area contributed by atoms with Crippen LogP contribution >= 0.6 is 0 Å². The molecule has 0 fully saturated rings. The summed E-state index contributed by atoms with van der Waals surface area (Å²) in [6.45, 7) is 0.463. The number of aromatic amines is 1. The lowest BCUT2D eigenvalue weighted by molar-refractivity contribution is 0.306. The minimum Gasteiger partial charge on any atom is -0.497 e. The molecule has 5 N–H and O–H groups in total. The highest BCUT2D eigenvalue weighted by atomic mass is 16.5. The number of hydrogen-bond acceptors (Lipinski definition) is 10. The van der Waals surface area contributed by atoms with Gasteiger partial charge in [-0.3, -0.25) is 9.55 Å². The van der Waals surface area contributed by atoms with Gasteiger partial charge in [-0.2, -0.15) is 15.0 Å². The molecule has 0 spiro atoms.